The van der Waals surface area contributed by atoms with Gasteiger partial charge in [-0.2, -0.15) is 5.10 Å². The Morgan fingerprint density at radius 3 is 2.70 bits per heavy atom. The molecule has 2 aromatic heterocycles. The third-order valence-corrected chi connectivity index (χ3v) is 4.76. The first-order valence-corrected chi connectivity index (χ1v) is 8.36. The van der Waals surface area contributed by atoms with E-state index >= 15 is 0 Å². The molecule has 0 saturated heterocycles. The van der Waals surface area contributed by atoms with E-state index in [2.05, 4.69) is 19.8 Å². The summed E-state index contributed by atoms with van der Waals surface area (Å²) in [5.74, 6) is 0.662. The fourth-order valence-corrected chi connectivity index (χ4v) is 3.45. The average Bonchev–Trinajstić information content (AvgIpc) is 3.04. The van der Waals surface area contributed by atoms with Crippen molar-refractivity contribution in [1.82, 2.24) is 19.7 Å². The Balaban J connectivity index is 1.95. The lowest BCUT2D eigenvalue weighted by Gasteiger charge is -2.11. The van der Waals surface area contributed by atoms with Gasteiger partial charge in [-0.15, -0.1) is 0 Å². The van der Waals surface area contributed by atoms with Crippen molar-refractivity contribution in [1.29, 1.82) is 0 Å². The second kappa shape index (κ2) is 5.81. The molecule has 0 radical (unpaired) electrons. The van der Waals surface area contributed by atoms with Crippen LogP contribution in [0.2, 0.25) is 0 Å². The van der Waals surface area contributed by atoms with E-state index in [1.54, 1.807) is 37.5 Å². The van der Waals surface area contributed by atoms with Crippen molar-refractivity contribution >= 4 is 15.8 Å². The average molecular weight is 329 g/mol. The molecule has 2 heterocycles. The van der Waals surface area contributed by atoms with Gasteiger partial charge in [0.2, 0.25) is 0 Å². The maximum absolute atomic E-state index is 12.6. The summed E-state index contributed by atoms with van der Waals surface area (Å²) >= 11 is 0. The SMILES string of the molecule is Cc1ccc(C)c(S(=O)(=O)Nc2cc(-n3cccn3)ncn2)c1. The maximum Gasteiger partial charge on any atom is 0.263 e. The summed E-state index contributed by atoms with van der Waals surface area (Å²) in [6.07, 6.45) is 4.62. The Morgan fingerprint density at radius 1 is 1.13 bits per heavy atom. The lowest BCUT2D eigenvalue weighted by Crippen LogP contribution is -2.16. The van der Waals surface area contributed by atoms with Gasteiger partial charge in [0.15, 0.2) is 5.82 Å². The van der Waals surface area contributed by atoms with E-state index in [0.717, 1.165) is 5.56 Å². The number of anilines is 1. The van der Waals surface area contributed by atoms with Gasteiger partial charge in [0.1, 0.15) is 12.1 Å². The van der Waals surface area contributed by atoms with Crippen LogP contribution in [-0.4, -0.2) is 28.2 Å². The van der Waals surface area contributed by atoms with E-state index in [9.17, 15) is 8.42 Å². The molecule has 0 bridgehead atoms. The van der Waals surface area contributed by atoms with Crippen LogP contribution in [-0.2, 0) is 10.0 Å². The second-order valence-electron chi connectivity index (χ2n) is 5.09. The summed E-state index contributed by atoms with van der Waals surface area (Å²) < 4.78 is 29.2. The Bertz CT molecular complexity index is 936. The number of benzene rings is 1. The van der Waals surface area contributed by atoms with Crippen LogP contribution in [0.15, 0.2) is 53.9 Å². The third kappa shape index (κ3) is 3.21. The smallest absolute Gasteiger partial charge is 0.263 e. The van der Waals surface area contributed by atoms with Gasteiger partial charge in [-0.3, -0.25) is 4.72 Å². The van der Waals surface area contributed by atoms with Gasteiger partial charge in [-0.05, 0) is 37.1 Å². The fraction of sp³-hybridized carbons (Fsp3) is 0.133. The Hall–Kier alpha value is -2.74. The molecule has 0 atom stereocenters. The van der Waals surface area contributed by atoms with E-state index in [1.165, 1.54) is 17.1 Å². The molecule has 0 fully saturated rings. The number of hydrogen-bond donors (Lipinski definition) is 1. The lowest BCUT2D eigenvalue weighted by atomic mass is 10.2. The Labute approximate surface area is 134 Å². The van der Waals surface area contributed by atoms with Crippen molar-refractivity contribution in [2.24, 2.45) is 0 Å². The number of sulfonamides is 1. The van der Waals surface area contributed by atoms with Crippen LogP contribution in [0.25, 0.3) is 5.82 Å². The first-order chi connectivity index (χ1) is 11.0. The molecule has 0 aliphatic rings. The summed E-state index contributed by atoms with van der Waals surface area (Å²) in [7, 11) is -3.72. The molecule has 1 N–H and O–H groups in total. The van der Waals surface area contributed by atoms with Gasteiger partial charge in [0, 0.05) is 18.5 Å². The fourth-order valence-electron chi connectivity index (χ4n) is 2.12. The lowest BCUT2D eigenvalue weighted by molar-refractivity contribution is 0.600. The van der Waals surface area contributed by atoms with Gasteiger partial charge >= 0.3 is 0 Å². The first kappa shape index (κ1) is 15.2. The molecular formula is C15H15N5O2S. The number of hydrogen-bond acceptors (Lipinski definition) is 5. The van der Waals surface area contributed by atoms with Crippen molar-refractivity contribution in [3.8, 4) is 5.82 Å². The monoisotopic (exact) mass is 329 g/mol. The van der Waals surface area contributed by atoms with Crippen LogP contribution >= 0.6 is 0 Å². The predicted molar refractivity (Wildman–Crippen MR) is 85.9 cm³/mol. The summed E-state index contributed by atoms with van der Waals surface area (Å²) in [6, 6.07) is 8.55. The maximum atomic E-state index is 12.6. The zero-order chi connectivity index (χ0) is 16.4. The largest absolute Gasteiger partial charge is 0.263 e. The van der Waals surface area contributed by atoms with E-state index in [1.807, 2.05) is 13.0 Å². The molecule has 23 heavy (non-hydrogen) atoms. The van der Waals surface area contributed by atoms with Crippen molar-refractivity contribution in [3.05, 3.63) is 60.2 Å². The third-order valence-electron chi connectivity index (χ3n) is 3.26. The highest BCUT2D eigenvalue weighted by atomic mass is 32.2. The Morgan fingerprint density at radius 2 is 1.96 bits per heavy atom. The van der Waals surface area contributed by atoms with Gasteiger partial charge in [-0.25, -0.2) is 23.1 Å². The highest BCUT2D eigenvalue weighted by Gasteiger charge is 2.18. The molecule has 0 aliphatic carbocycles. The van der Waals surface area contributed by atoms with Crippen LogP contribution in [0.5, 0.6) is 0 Å². The standard InChI is InChI=1S/C15H15N5O2S/c1-11-4-5-12(2)13(8-11)23(21,22)19-14-9-15(17-10-16-14)20-7-3-6-18-20/h3-10H,1-2H3,(H,16,17,19). The van der Waals surface area contributed by atoms with E-state index < -0.39 is 10.0 Å². The van der Waals surface area contributed by atoms with E-state index in [4.69, 9.17) is 0 Å². The Kier molecular flexibility index (Phi) is 3.83. The molecular weight excluding hydrogens is 314 g/mol. The summed E-state index contributed by atoms with van der Waals surface area (Å²) in [5.41, 5.74) is 1.54. The summed E-state index contributed by atoms with van der Waals surface area (Å²) in [6.45, 7) is 3.60. The number of rotatable bonds is 4. The van der Waals surface area contributed by atoms with E-state index in [0.29, 0.717) is 11.4 Å². The summed E-state index contributed by atoms with van der Waals surface area (Å²) in [5, 5.41) is 4.06. The topological polar surface area (TPSA) is 89.8 Å². The minimum atomic E-state index is -3.72. The quantitative estimate of drug-likeness (QED) is 0.791. The highest BCUT2D eigenvalue weighted by molar-refractivity contribution is 7.92. The zero-order valence-electron chi connectivity index (χ0n) is 12.6. The number of aromatic nitrogens is 4. The molecule has 0 unspecified atom stereocenters. The van der Waals surface area contributed by atoms with Crippen LogP contribution in [0.3, 0.4) is 0 Å². The van der Waals surface area contributed by atoms with Gasteiger partial charge in [0.05, 0.1) is 4.90 Å². The van der Waals surface area contributed by atoms with Crippen molar-refractivity contribution in [2.75, 3.05) is 4.72 Å². The van der Waals surface area contributed by atoms with Crippen molar-refractivity contribution in [3.63, 3.8) is 0 Å². The molecule has 118 valence electrons. The second-order valence-corrected chi connectivity index (χ2v) is 6.74. The normalized spacial score (nSPS) is 11.4. The molecule has 0 amide bonds. The van der Waals surface area contributed by atoms with Crippen LogP contribution in [0.1, 0.15) is 11.1 Å². The zero-order valence-corrected chi connectivity index (χ0v) is 13.4. The highest BCUT2D eigenvalue weighted by Crippen LogP contribution is 2.20. The molecule has 3 aromatic rings. The molecule has 0 saturated carbocycles. The van der Waals surface area contributed by atoms with E-state index in [-0.39, 0.29) is 10.7 Å². The molecule has 1 aromatic carbocycles. The van der Waals surface area contributed by atoms with Crippen LogP contribution in [0.4, 0.5) is 5.82 Å². The van der Waals surface area contributed by atoms with Crippen LogP contribution in [0, 0.1) is 13.8 Å². The molecule has 8 heteroatoms. The number of aryl methyl sites for hydroxylation is 2. The van der Waals surface area contributed by atoms with Crippen molar-refractivity contribution in [2.45, 2.75) is 18.7 Å². The number of nitrogens with one attached hydrogen (secondary N) is 1. The van der Waals surface area contributed by atoms with Gasteiger partial charge < -0.3 is 0 Å². The molecule has 0 spiro atoms. The van der Waals surface area contributed by atoms with Gasteiger partial charge in [-0.1, -0.05) is 12.1 Å². The number of nitrogens with zero attached hydrogens (tertiary/aromatic N) is 4. The van der Waals surface area contributed by atoms with Crippen LogP contribution < -0.4 is 4.72 Å². The minimum Gasteiger partial charge on any atom is -0.263 e. The minimum absolute atomic E-state index is 0.186. The molecule has 0 aliphatic heterocycles. The van der Waals surface area contributed by atoms with Gasteiger partial charge in [0.25, 0.3) is 10.0 Å². The molecule has 7 nitrogen and oxygen atoms in total. The summed E-state index contributed by atoms with van der Waals surface area (Å²) in [4.78, 5) is 8.27. The van der Waals surface area contributed by atoms with Crippen molar-refractivity contribution < 1.29 is 8.42 Å². The molecule has 3 rings (SSSR count). The predicted octanol–water partition coefficient (Wildman–Crippen LogP) is 2.08. The first-order valence-electron chi connectivity index (χ1n) is 6.88.